The van der Waals surface area contributed by atoms with E-state index >= 15 is 0 Å². The molecule has 0 amide bonds. The van der Waals surface area contributed by atoms with E-state index in [4.69, 9.17) is 4.74 Å². The molecular weight excluding hydrogens is 423 g/mol. The molecule has 0 aliphatic heterocycles. The van der Waals surface area contributed by atoms with Gasteiger partial charge in [0.2, 0.25) is 0 Å². The lowest BCUT2D eigenvalue weighted by Crippen LogP contribution is -2.51. The predicted octanol–water partition coefficient (Wildman–Crippen LogP) is 3.90. The van der Waals surface area contributed by atoms with E-state index in [1.807, 2.05) is 0 Å². The molecule has 0 saturated carbocycles. The summed E-state index contributed by atoms with van der Waals surface area (Å²) in [6.45, 7) is 5.19. The third-order valence-electron chi connectivity index (χ3n) is 3.33. The zero-order valence-electron chi connectivity index (χ0n) is 14.4. The highest BCUT2D eigenvalue weighted by atomic mass is 79.9. The number of alkyl halides is 1. The normalized spacial score (nSPS) is 15.5. The van der Waals surface area contributed by atoms with Crippen LogP contribution in [0.3, 0.4) is 0 Å². The predicted molar refractivity (Wildman–Crippen MR) is 94.0 cm³/mol. The molecule has 0 spiro atoms. The van der Waals surface area contributed by atoms with Gasteiger partial charge in [0.05, 0.1) is 34.3 Å². The summed E-state index contributed by atoms with van der Waals surface area (Å²) in [4.78, 5) is 11.9. The largest absolute Gasteiger partial charge is 0.466 e. The van der Waals surface area contributed by atoms with Crippen LogP contribution in [0.25, 0.3) is 0 Å². The van der Waals surface area contributed by atoms with Crippen molar-refractivity contribution in [2.24, 2.45) is 0 Å². The van der Waals surface area contributed by atoms with Crippen molar-refractivity contribution in [2.75, 3.05) is 13.3 Å². The first kappa shape index (κ1) is 22.1. The van der Waals surface area contributed by atoms with Gasteiger partial charge in [0.25, 0.3) is 0 Å². The molecule has 0 fully saturated rings. The first-order valence-electron chi connectivity index (χ1n) is 7.53. The van der Waals surface area contributed by atoms with Crippen molar-refractivity contribution >= 4 is 32.9 Å². The molecule has 0 aliphatic carbocycles. The van der Waals surface area contributed by atoms with Crippen LogP contribution in [0.4, 0.5) is 13.2 Å². The van der Waals surface area contributed by atoms with Gasteiger partial charge in [0.15, 0.2) is 11.6 Å². The number of nitrogens with one attached hydrogen (secondary N) is 1. The third kappa shape index (κ3) is 5.52. The summed E-state index contributed by atoms with van der Waals surface area (Å²) in [7, 11) is -1.85. The van der Waals surface area contributed by atoms with Crippen LogP contribution < -0.4 is 4.72 Å². The van der Waals surface area contributed by atoms with Gasteiger partial charge in [-0.1, -0.05) is 15.9 Å². The molecule has 4 nitrogen and oxygen atoms in total. The number of carbonyl (C=O) groups is 1. The number of benzene rings is 1. The molecule has 1 rings (SSSR count). The van der Waals surface area contributed by atoms with Crippen LogP contribution in [0.2, 0.25) is 0 Å². The molecule has 0 bridgehead atoms. The Kier molecular flexibility index (Phi) is 7.64. The summed E-state index contributed by atoms with van der Waals surface area (Å²) < 4.78 is 61.4. The maximum absolute atomic E-state index is 14.4. The number of hydrogen-bond donors (Lipinski definition) is 1. The lowest BCUT2D eigenvalue weighted by Gasteiger charge is -2.34. The average molecular weight is 444 g/mol. The highest BCUT2D eigenvalue weighted by Gasteiger charge is 2.42. The molecule has 0 aliphatic rings. The highest BCUT2D eigenvalue weighted by Crippen LogP contribution is 2.34. The standard InChI is InChI=1S/C16H21BrF3NO3S/c1-5-24-13(22)8-16(9-18,21-25(23)15(2,3)4)11-6-10(17)7-12(19)14(11)20/h6-7,21H,5,8-9H2,1-4H3/t16-,25-/m1/s1. The fourth-order valence-corrected chi connectivity index (χ4v) is 3.35. The number of halogens is 4. The minimum atomic E-state index is -2.03. The Morgan fingerprint density at radius 2 is 1.92 bits per heavy atom. The number of hydrogen-bond acceptors (Lipinski definition) is 3. The Hall–Kier alpha value is -0.930. The molecule has 9 heteroatoms. The molecule has 25 heavy (non-hydrogen) atoms. The zero-order valence-corrected chi connectivity index (χ0v) is 16.8. The summed E-state index contributed by atoms with van der Waals surface area (Å²) in [6, 6.07) is 2.04. The number of rotatable bonds is 7. The van der Waals surface area contributed by atoms with Gasteiger partial charge in [-0.2, -0.15) is 0 Å². The van der Waals surface area contributed by atoms with Gasteiger partial charge in [-0.15, -0.1) is 0 Å². The first-order chi connectivity index (χ1) is 11.5. The van der Waals surface area contributed by atoms with Crippen LogP contribution in [0.5, 0.6) is 0 Å². The van der Waals surface area contributed by atoms with Crippen LogP contribution in [-0.4, -0.2) is 28.2 Å². The van der Waals surface area contributed by atoms with Crippen molar-refractivity contribution in [3.05, 3.63) is 33.8 Å². The van der Waals surface area contributed by atoms with Gasteiger partial charge in [-0.3, -0.25) is 4.79 Å². The maximum Gasteiger partial charge on any atom is 0.308 e. The van der Waals surface area contributed by atoms with E-state index in [-0.39, 0.29) is 11.1 Å². The molecule has 1 N–H and O–H groups in total. The monoisotopic (exact) mass is 443 g/mol. The Labute approximate surface area is 156 Å². The van der Waals surface area contributed by atoms with Gasteiger partial charge in [0, 0.05) is 10.0 Å². The summed E-state index contributed by atoms with van der Waals surface area (Å²) >= 11 is 3.02. The van der Waals surface area contributed by atoms with E-state index in [9.17, 15) is 22.2 Å². The fraction of sp³-hybridized carbons (Fsp3) is 0.562. The third-order valence-corrected chi connectivity index (χ3v) is 5.48. The lowest BCUT2D eigenvalue weighted by molar-refractivity contribution is -0.145. The topological polar surface area (TPSA) is 55.4 Å². The average Bonchev–Trinajstić information content (AvgIpc) is 2.49. The summed E-state index contributed by atoms with van der Waals surface area (Å²) in [5.74, 6) is -3.35. The van der Waals surface area contributed by atoms with Crippen LogP contribution in [0, 0.1) is 11.6 Å². The summed E-state index contributed by atoms with van der Waals surface area (Å²) in [5, 5.41) is 0. The SMILES string of the molecule is CCOC(=O)C[C@](CF)(N[S@](=O)C(C)(C)C)c1cc(Br)cc(F)c1F. The number of esters is 1. The van der Waals surface area contributed by atoms with Gasteiger partial charge in [-0.25, -0.2) is 22.1 Å². The minimum Gasteiger partial charge on any atom is -0.466 e. The quantitative estimate of drug-likeness (QED) is 0.513. The minimum absolute atomic E-state index is 0.0406. The highest BCUT2D eigenvalue weighted by molar-refractivity contribution is 9.10. The summed E-state index contributed by atoms with van der Waals surface area (Å²) in [6.07, 6.45) is -0.647. The van der Waals surface area contributed by atoms with Crippen LogP contribution in [0.15, 0.2) is 16.6 Å². The number of carbonyl (C=O) groups excluding carboxylic acids is 1. The lowest BCUT2D eigenvalue weighted by atomic mass is 9.88. The molecule has 142 valence electrons. The molecule has 0 saturated heterocycles. The second-order valence-corrected chi connectivity index (χ2v) is 9.31. The van der Waals surface area contributed by atoms with Gasteiger partial charge in [0.1, 0.15) is 6.67 Å². The van der Waals surface area contributed by atoms with Crippen molar-refractivity contribution in [1.82, 2.24) is 4.72 Å². The van der Waals surface area contributed by atoms with Crippen molar-refractivity contribution in [2.45, 2.75) is 44.4 Å². The summed E-state index contributed by atoms with van der Waals surface area (Å²) in [5.41, 5.74) is -2.47. The number of ether oxygens (including phenoxy) is 1. The smallest absolute Gasteiger partial charge is 0.308 e. The Balaban J connectivity index is 3.50. The van der Waals surface area contributed by atoms with Crippen molar-refractivity contribution < 1.29 is 26.9 Å². The first-order valence-corrected chi connectivity index (χ1v) is 9.47. The molecular formula is C16H21BrF3NO3S. The van der Waals surface area contributed by atoms with Crippen LogP contribution in [0.1, 0.15) is 39.7 Å². The van der Waals surface area contributed by atoms with Gasteiger partial charge < -0.3 is 4.74 Å². The van der Waals surface area contributed by atoms with E-state index in [1.54, 1.807) is 27.7 Å². The molecule has 0 unspecified atom stereocenters. The molecule has 1 aromatic rings. The van der Waals surface area contributed by atoms with Crippen LogP contribution >= 0.6 is 15.9 Å². The van der Waals surface area contributed by atoms with E-state index in [0.717, 1.165) is 12.1 Å². The molecule has 2 atom stereocenters. The molecule has 0 aromatic heterocycles. The van der Waals surface area contributed by atoms with Crippen LogP contribution in [-0.2, 0) is 26.1 Å². The van der Waals surface area contributed by atoms with E-state index in [1.165, 1.54) is 0 Å². The van der Waals surface area contributed by atoms with Gasteiger partial charge >= 0.3 is 5.97 Å². The Morgan fingerprint density at radius 3 is 2.40 bits per heavy atom. The Morgan fingerprint density at radius 1 is 1.32 bits per heavy atom. The van der Waals surface area contributed by atoms with Crippen molar-refractivity contribution in [1.29, 1.82) is 0 Å². The van der Waals surface area contributed by atoms with Crippen molar-refractivity contribution in [3.8, 4) is 0 Å². The van der Waals surface area contributed by atoms with Gasteiger partial charge in [-0.05, 0) is 39.8 Å². The molecule has 1 aromatic carbocycles. The van der Waals surface area contributed by atoms with E-state index in [2.05, 4.69) is 20.7 Å². The zero-order chi connectivity index (χ0) is 19.4. The van der Waals surface area contributed by atoms with Crippen molar-refractivity contribution in [3.63, 3.8) is 0 Å². The Bertz CT molecular complexity index is 667. The second kappa shape index (κ2) is 8.64. The van der Waals surface area contributed by atoms with E-state index in [0.29, 0.717) is 0 Å². The fourth-order valence-electron chi connectivity index (χ4n) is 2.03. The maximum atomic E-state index is 14.4. The molecule has 0 heterocycles. The second-order valence-electron chi connectivity index (χ2n) is 6.43. The van der Waals surface area contributed by atoms with E-state index < -0.39 is 57.5 Å². The molecule has 0 radical (unpaired) electrons.